The number of hydrogen-bond donors (Lipinski definition) is 2. The SMILES string of the molecule is COC(=O)C(C)(C)CNc1ncc(C(=O)Oc2ccc(C(N)=O)cc2)s1. The van der Waals surface area contributed by atoms with Gasteiger partial charge in [0.05, 0.1) is 18.7 Å². The fourth-order valence-corrected chi connectivity index (χ4v) is 2.63. The number of ether oxygens (including phenoxy) is 2. The highest BCUT2D eigenvalue weighted by atomic mass is 32.1. The molecule has 2 aromatic rings. The maximum absolute atomic E-state index is 12.2. The number of rotatable bonds is 7. The molecule has 3 N–H and O–H groups in total. The minimum atomic E-state index is -0.733. The highest BCUT2D eigenvalue weighted by Crippen LogP contribution is 2.23. The number of esters is 2. The molecule has 1 heterocycles. The zero-order valence-electron chi connectivity index (χ0n) is 14.6. The van der Waals surface area contributed by atoms with Gasteiger partial charge in [-0.25, -0.2) is 9.78 Å². The Hall–Kier alpha value is -2.94. The van der Waals surface area contributed by atoms with Crippen LogP contribution in [0, 0.1) is 5.41 Å². The van der Waals surface area contributed by atoms with E-state index in [0.717, 1.165) is 11.3 Å². The first kappa shape index (κ1) is 19.4. The van der Waals surface area contributed by atoms with E-state index in [4.69, 9.17) is 15.2 Å². The third-order valence-corrected chi connectivity index (χ3v) is 4.41. The predicted octanol–water partition coefficient (Wildman–Crippen LogP) is 2.07. The number of benzene rings is 1. The molecule has 0 saturated heterocycles. The van der Waals surface area contributed by atoms with Crippen LogP contribution in [0.15, 0.2) is 30.5 Å². The predicted molar refractivity (Wildman–Crippen MR) is 96.3 cm³/mol. The third kappa shape index (κ3) is 4.79. The number of nitrogens with one attached hydrogen (secondary N) is 1. The molecular formula is C17H19N3O5S. The Labute approximate surface area is 154 Å². The Morgan fingerprint density at radius 2 is 1.88 bits per heavy atom. The van der Waals surface area contributed by atoms with Gasteiger partial charge >= 0.3 is 11.9 Å². The van der Waals surface area contributed by atoms with Crippen LogP contribution < -0.4 is 15.8 Å². The van der Waals surface area contributed by atoms with Crippen molar-refractivity contribution >= 4 is 34.3 Å². The molecule has 1 amide bonds. The number of nitrogens with zero attached hydrogens (tertiary/aromatic N) is 1. The largest absolute Gasteiger partial charge is 0.469 e. The Kier molecular flexibility index (Phi) is 5.93. The van der Waals surface area contributed by atoms with Crippen LogP contribution >= 0.6 is 11.3 Å². The van der Waals surface area contributed by atoms with Gasteiger partial charge in [0, 0.05) is 12.1 Å². The van der Waals surface area contributed by atoms with Crippen molar-refractivity contribution in [3.63, 3.8) is 0 Å². The lowest BCUT2D eigenvalue weighted by Crippen LogP contribution is -2.33. The van der Waals surface area contributed by atoms with Crippen LogP contribution in [0.4, 0.5) is 5.13 Å². The Morgan fingerprint density at radius 3 is 2.46 bits per heavy atom. The number of thiazole rings is 1. The molecular weight excluding hydrogens is 358 g/mol. The van der Waals surface area contributed by atoms with E-state index < -0.39 is 17.3 Å². The van der Waals surface area contributed by atoms with E-state index in [1.54, 1.807) is 13.8 Å². The van der Waals surface area contributed by atoms with Gasteiger partial charge in [-0.05, 0) is 38.1 Å². The van der Waals surface area contributed by atoms with Gasteiger partial charge in [0.2, 0.25) is 5.91 Å². The molecule has 138 valence electrons. The lowest BCUT2D eigenvalue weighted by molar-refractivity contribution is -0.149. The molecule has 9 heteroatoms. The van der Waals surface area contributed by atoms with Gasteiger partial charge in [-0.2, -0.15) is 0 Å². The molecule has 0 atom stereocenters. The zero-order chi connectivity index (χ0) is 19.3. The highest BCUT2D eigenvalue weighted by Gasteiger charge is 2.28. The van der Waals surface area contributed by atoms with Gasteiger partial charge < -0.3 is 20.5 Å². The van der Waals surface area contributed by atoms with Gasteiger partial charge in [-0.15, -0.1) is 0 Å². The third-order valence-electron chi connectivity index (χ3n) is 3.48. The number of methoxy groups -OCH3 is 1. The average molecular weight is 377 g/mol. The van der Waals surface area contributed by atoms with Crippen molar-refractivity contribution in [2.45, 2.75) is 13.8 Å². The molecule has 0 aliphatic heterocycles. The number of carbonyl (C=O) groups excluding carboxylic acids is 3. The summed E-state index contributed by atoms with van der Waals surface area (Å²) in [7, 11) is 1.33. The number of aromatic nitrogens is 1. The number of hydrogen-bond acceptors (Lipinski definition) is 8. The summed E-state index contributed by atoms with van der Waals surface area (Å²) in [6.07, 6.45) is 1.39. The molecule has 1 aromatic heterocycles. The van der Waals surface area contributed by atoms with Crippen LogP contribution in [0.5, 0.6) is 5.75 Å². The summed E-state index contributed by atoms with van der Waals surface area (Å²) in [5.74, 6) is -1.19. The highest BCUT2D eigenvalue weighted by molar-refractivity contribution is 7.17. The molecule has 0 bridgehead atoms. The molecule has 0 radical (unpaired) electrons. The standard InChI is InChI=1S/C17H19N3O5S/c1-17(2,15(23)24-3)9-20-16-19-8-12(26-16)14(22)25-11-6-4-10(5-7-11)13(18)21/h4-8H,9H2,1-3H3,(H2,18,21)(H,19,20). The smallest absolute Gasteiger partial charge is 0.355 e. The monoisotopic (exact) mass is 377 g/mol. The molecule has 0 saturated carbocycles. The van der Waals surface area contributed by atoms with Crippen LogP contribution in [-0.2, 0) is 9.53 Å². The van der Waals surface area contributed by atoms with Crippen LogP contribution in [0.3, 0.4) is 0 Å². The maximum Gasteiger partial charge on any atom is 0.355 e. The second kappa shape index (κ2) is 7.96. The van der Waals surface area contributed by atoms with Crippen molar-refractivity contribution in [2.24, 2.45) is 11.1 Å². The molecule has 8 nitrogen and oxygen atoms in total. The Bertz CT molecular complexity index is 814. The van der Waals surface area contributed by atoms with Crippen molar-refractivity contribution in [1.82, 2.24) is 4.98 Å². The number of nitrogens with two attached hydrogens (primary N) is 1. The van der Waals surface area contributed by atoms with Gasteiger partial charge in [0.15, 0.2) is 5.13 Å². The van der Waals surface area contributed by atoms with Gasteiger partial charge in [0.25, 0.3) is 0 Å². The van der Waals surface area contributed by atoms with Crippen LogP contribution in [0.1, 0.15) is 33.9 Å². The molecule has 2 rings (SSSR count). The normalized spacial score (nSPS) is 10.9. The van der Waals surface area contributed by atoms with Gasteiger partial charge in [-0.3, -0.25) is 9.59 Å². The van der Waals surface area contributed by atoms with Gasteiger partial charge in [-0.1, -0.05) is 11.3 Å². The zero-order valence-corrected chi connectivity index (χ0v) is 15.4. The minimum Gasteiger partial charge on any atom is -0.469 e. The Balaban J connectivity index is 1.97. The topological polar surface area (TPSA) is 121 Å². The number of primary amides is 1. The molecule has 0 spiro atoms. The maximum atomic E-state index is 12.2. The molecule has 0 aliphatic rings. The van der Waals surface area contributed by atoms with Crippen LogP contribution in [0.25, 0.3) is 0 Å². The van der Waals surface area contributed by atoms with E-state index >= 15 is 0 Å². The summed E-state index contributed by atoms with van der Waals surface area (Å²) in [5, 5.41) is 3.49. The van der Waals surface area contributed by atoms with Gasteiger partial charge in [0.1, 0.15) is 10.6 Å². The molecule has 0 aliphatic carbocycles. The fraction of sp³-hybridized carbons (Fsp3) is 0.294. The Morgan fingerprint density at radius 1 is 1.23 bits per heavy atom. The molecule has 1 aromatic carbocycles. The molecule has 0 fully saturated rings. The van der Waals surface area contributed by atoms with E-state index in [9.17, 15) is 14.4 Å². The summed E-state index contributed by atoms with van der Waals surface area (Å²) < 4.78 is 9.96. The van der Waals surface area contributed by atoms with E-state index in [-0.39, 0.29) is 11.7 Å². The van der Waals surface area contributed by atoms with E-state index in [0.29, 0.717) is 22.1 Å². The van der Waals surface area contributed by atoms with Crippen LogP contribution in [0.2, 0.25) is 0 Å². The molecule has 26 heavy (non-hydrogen) atoms. The number of carbonyl (C=O) groups is 3. The summed E-state index contributed by atoms with van der Waals surface area (Å²) in [6.45, 7) is 3.78. The van der Waals surface area contributed by atoms with Crippen molar-refractivity contribution in [2.75, 3.05) is 19.0 Å². The summed E-state index contributed by atoms with van der Waals surface area (Å²) in [4.78, 5) is 39.2. The fourth-order valence-electron chi connectivity index (χ4n) is 1.94. The van der Waals surface area contributed by atoms with Crippen molar-refractivity contribution < 1.29 is 23.9 Å². The average Bonchev–Trinajstić information content (AvgIpc) is 3.09. The quantitative estimate of drug-likeness (QED) is 0.560. The van der Waals surface area contributed by atoms with Crippen molar-refractivity contribution in [3.8, 4) is 5.75 Å². The first-order valence-electron chi connectivity index (χ1n) is 7.63. The number of amides is 1. The van der Waals surface area contributed by atoms with Crippen molar-refractivity contribution in [1.29, 1.82) is 0 Å². The van der Waals surface area contributed by atoms with Crippen molar-refractivity contribution in [3.05, 3.63) is 40.9 Å². The number of anilines is 1. The molecule has 0 unspecified atom stereocenters. The minimum absolute atomic E-state index is 0.287. The van der Waals surface area contributed by atoms with E-state index in [1.807, 2.05) is 0 Å². The first-order chi connectivity index (χ1) is 12.2. The second-order valence-corrected chi connectivity index (χ2v) is 7.07. The van der Waals surface area contributed by atoms with Crippen LogP contribution in [-0.4, -0.2) is 36.5 Å². The van der Waals surface area contributed by atoms with E-state index in [2.05, 4.69) is 10.3 Å². The summed E-state index contributed by atoms with van der Waals surface area (Å²) in [6, 6.07) is 5.91. The summed E-state index contributed by atoms with van der Waals surface area (Å²) >= 11 is 1.11. The summed E-state index contributed by atoms with van der Waals surface area (Å²) in [5.41, 5.74) is 4.74. The lowest BCUT2D eigenvalue weighted by atomic mass is 9.94. The lowest BCUT2D eigenvalue weighted by Gasteiger charge is -2.21. The first-order valence-corrected chi connectivity index (χ1v) is 8.45. The van der Waals surface area contributed by atoms with E-state index in [1.165, 1.54) is 37.6 Å². The second-order valence-electron chi connectivity index (χ2n) is 6.04.